The number of benzene rings is 2. The number of H-pyrrole nitrogens is 1. The number of fused-ring (bicyclic) bond motifs is 1. The molecule has 5 nitrogen and oxygen atoms in total. The molecule has 0 bridgehead atoms. The zero-order valence-electron chi connectivity index (χ0n) is 15.0. The number of nitrogens with one attached hydrogen (secondary N) is 1. The number of nitrogens with zero attached hydrogens (tertiary/aromatic N) is 2. The monoisotopic (exact) mass is 459 g/mol. The molecule has 0 aliphatic carbocycles. The molecule has 0 fully saturated rings. The molecule has 0 amide bonds. The van der Waals surface area contributed by atoms with Crippen molar-refractivity contribution >= 4 is 45.3 Å². The van der Waals surface area contributed by atoms with Crippen LogP contribution < -0.4 is 9.47 Å². The molecule has 0 atom stereocenters. The molecule has 1 heterocycles. The number of rotatable bonds is 4. The van der Waals surface area contributed by atoms with E-state index in [9.17, 15) is 5.26 Å². The number of nitriles is 1. The van der Waals surface area contributed by atoms with Crippen LogP contribution in [0, 0.1) is 28.7 Å². The van der Waals surface area contributed by atoms with Gasteiger partial charge < -0.3 is 14.5 Å². The van der Waals surface area contributed by atoms with Crippen LogP contribution >= 0.6 is 22.6 Å². The second kappa shape index (κ2) is 7.38. The molecule has 3 aromatic rings. The van der Waals surface area contributed by atoms with Gasteiger partial charge in [-0.05, 0) is 83.5 Å². The maximum absolute atomic E-state index is 9.64. The first-order valence-corrected chi connectivity index (χ1v) is 9.05. The van der Waals surface area contributed by atoms with Crippen molar-refractivity contribution in [3.05, 3.63) is 50.4 Å². The maximum atomic E-state index is 9.64. The van der Waals surface area contributed by atoms with Crippen molar-refractivity contribution in [2.24, 2.45) is 0 Å². The second-order valence-corrected chi connectivity index (χ2v) is 7.11. The van der Waals surface area contributed by atoms with E-state index in [1.54, 1.807) is 20.3 Å². The third kappa shape index (κ3) is 3.40. The van der Waals surface area contributed by atoms with E-state index in [1.165, 1.54) is 11.1 Å². The minimum Gasteiger partial charge on any atom is -0.493 e. The number of allylic oxidation sites excluding steroid dienone is 1. The van der Waals surface area contributed by atoms with Gasteiger partial charge in [0, 0.05) is 0 Å². The third-order valence-electron chi connectivity index (χ3n) is 4.24. The van der Waals surface area contributed by atoms with Gasteiger partial charge in [-0.15, -0.1) is 0 Å². The van der Waals surface area contributed by atoms with Crippen molar-refractivity contribution < 1.29 is 9.47 Å². The SMILES string of the molecule is COc1cc(/C=C(\C#N)c2nc3cc(C)c(C)cc3[nH]2)cc(I)c1OC. The number of aromatic amines is 1. The molecular weight excluding hydrogens is 441 g/mol. The minimum absolute atomic E-state index is 0.458. The average molecular weight is 459 g/mol. The second-order valence-electron chi connectivity index (χ2n) is 5.95. The Labute approximate surface area is 165 Å². The zero-order valence-corrected chi connectivity index (χ0v) is 17.1. The van der Waals surface area contributed by atoms with Crippen molar-refractivity contribution in [1.82, 2.24) is 9.97 Å². The summed E-state index contributed by atoms with van der Waals surface area (Å²) in [4.78, 5) is 7.82. The highest BCUT2D eigenvalue weighted by molar-refractivity contribution is 14.1. The van der Waals surface area contributed by atoms with Crippen LogP contribution in [0.4, 0.5) is 0 Å². The van der Waals surface area contributed by atoms with Crippen LogP contribution in [-0.2, 0) is 0 Å². The van der Waals surface area contributed by atoms with E-state index in [1.807, 2.05) is 18.2 Å². The number of halogens is 1. The van der Waals surface area contributed by atoms with Crippen molar-refractivity contribution in [2.75, 3.05) is 14.2 Å². The molecule has 0 aliphatic heterocycles. The van der Waals surface area contributed by atoms with E-state index in [0.29, 0.717) is 22.9 Å². The van der Waals surface area contributed by atoms with Crippen molar-refractivity contribution in [3.8, 4) is 17.6 Å². The summed E-state index contributed by atoms with van der Waals surface area (Å²) < 4.78 is 11.7. The van der Waals surface area contributed by atoms with E-state index in [-0.39, 0.29) is 0 Å². The van der Waals surface area contributed by atoms with Gasteiger partial charge in [0.2, 0.25) is 0 Å². The molecule has 0 unspecified atom stereocenters. The zero-order chi connectivity index (χ0) is 18.8. The molecule has 0 spiro atoms. The molecule has 1 N–H and O–H groups in total. The van der Waals surface area contributed by atoms with Gasteiger partial charge in [0.15, 0.2) is 11.5 Å². The van der Waals surface area contributed by atoms with E-state index in [2.05, 4.69) is 58.5 Å². The fraction of sp³-hybridized carbons (Fsp3) is 0.200. The van der Waals surface area contributed by atoms with Gasteiger partial charge >= 0.3 is 0 Å². The minimum atomic E-state index is 0.458. The molecule has 1 aromatic heterocycles. The first-order chi connectivity index (χ1) is 12.5. The van der Waals surface area contributed by atoms with Crippen molar-refractivity contribution in [3.63, 3.8) is 0 Å². The Bertz CT molecular complexity index is 1020. The average Bonchev–Trinajstić information content (AvgIpc) is 3.01. The lowest BCUT2D eigenvalue weighted by atomic mass is 10.1. The summed E-state index contributed by atoms with van der Waals surface area (Å²) in [5.74, 6) is 1.86. The van der Waals surface area contributed by atoms with Crippen LogP contribution in [0.2, 0.25) is 0 Å². The Morgan fingerprint density at radius 1 is 1.15 bits per heavy atom. The highest BCUT2D eigenvalue weighted by Gasteiger charge is 2.13. The van der Waals surface area contributed by atoms with Gasteiger partial charge in [-0.1, -0.05) is 0 Å². The molecule has 3 rings (SSSR count). The predicted octanol–water partition coefficient (Wildman–Crippen LogP) is 4.87. The summed E-state index contributed by atoms with van der Waals surface area (Å²) >= 11 is 2.19. The van der Waals surface area contributed by atoms with Gasteiger partial charge in [0.25, 0.3) is 0 Å². The summed E-state index contributed by atoms with van der Waals surface area (Å²) in [6.45, 7) is 4.11. The standard InChI is InChI=1S/C20H18IN3O2/c1-11-5-16-17(6-12(11)2)24-20(23-16)14(10-22)7-13-8-15(21)19(26-4)18(9-13)25-3/h5-9H,1-4H3,(H,23,24)/b14-7+. The van der Waals surface area contributed by atoms with Crippen LogP contribution in [-0.4, -0.2) is 24.2 Å². The number of ether oxygens (including phenoxy) is 2. The quantitative estimate of drug-likeness (QED) is 0.447. The summed E-state index contributed by atoms with van der Waals surface area (Å²) in [5.41, 5.74) is 5.44. The summed E-state index contributed by atoms with van der Waals surface area (Å²) in [6, 6.07) is 10.1. The molecular formula is C20H18IN3O2. The molecule has 2 aromatic carbocycles. The van der Waals surface area contributed by atoms with Crippen LogP contribution in [0.3, 0.4) is 0 Å². The lowest BCUT2D eigenvalue weighted by molar-refractivity contribution is 0.353. The van der Waals surface area contributed by atoms with Gasteiger partial charge in [0.1, 0.15) is 11.9 Å². The number of aromatic nitrogens is 2. The predicted molar refractivity (Wildman–Crippen MR) is 111 cm³/mol. The summed E-state index contributed by atoms with van der Waals surface area (Å²) in [6.07, 6.45) is 1.79. The topological polar surface area (TPSA) is 70.9 Å². The highest BCUT2D eigenvalue weighted by atomic mass is 127. The lowest BCUT2D eigenvalue weighted by Crippen LogP contribution is -1.94. The highest BCUT2D eigenvalue weighted by Crippen LogP contribution is 2.34. The molecule has 0 saturated carbocycles. The Kier molecular flexibility index (Phi) is 5.18. The molecule has 26 heavy (non-hydrogen) atoms. The molecule has 132 valence electrons. The normalized spacial score (nSPS) is 11.5. The maximum Gasteiger partial charge on any atom is 0.174 e. The largest absolute Gasteiger partial charge is 0.493 e. The molecule has 0 saturated heterocycles. The van der Waals surface area contributed by atoms with Crippen molar-refractivity contribution in [1.29, 1.82) is 5.26 Å². The first kappa shape index (κ1) is 18.3. The number of aryl methyl sites for hydroxylation is 2. The number of methoxy groups -OCH3 is 2. The van der Waals surface area contributed by atoms with Crippen molar-refractivity contribution in [2.45, 2.75) is 13.8 Å². The fourth-order valence-corrected chi connectivity index (χ4v) is 3.58. The smallest absolute Gasteiger partial charge is 0.174 e. The number of imidazole rings is 1. The number of hydrogen-bond acceptors (Lipinski definition) is 4. The van der Waals surface area contributed by atoms with E-state index < -0.39 is 0 Å². The van der Waals surface area contributed by atoms with Gasteiger partial charge in [-0.25, -0.2) is 4.98 Å². The van der Waals surface area contributed by atoms with Crippen LogP contribution in [0.15, 0.2) is 24.3 Å². The Morgan fingerprint density at radius 2 is 1.88 bits per heavy atom. The Hall–Kier alpha value is -2.53. The fourth-order valence-electron chi connectivity index (χ4n) is 2.74. The van der Waals surface area contributed by atoms with E-state index in [0.717, 1.165) is 20.2 Å². The van der Waals surface area contributed by atoms with E-state index in [4.69, 9.17) is 9.47 Å². The third-order valence-corrected chi connectivity index (χ3v) is 5.04. The van der Waals surface area contributed by atoms with Gasteiger partial charge in [-0.2, -0.15) is 5.26 Å². The Balaban J connectivity index is 2.09. The summed E-state index contributed by atoms with van der Waals surface area (Å²) in [7, 11) is 3.20. The molecule has 0 aliphatic rings. The van der Waals surface area contributed by atoms with Crippen LogP contribution in [0.1, 0.15) is 22.5 Å². The number of hydrogen-bond donors (Lipinski definition) is 1. The van der Waals surface area contributed by atoms with Gasteiger partial charge in [-0.3, -0.25) is 0 Å². The molecule has 0 radical (unpaired) electrons. The summed E-state index contributed by atoms with van der Waals surface area (Å²) in [5, 5.41) is 9.64. The van der Waals surface area contributed by atoms with Crippen LogP contribution in [0.5, 0.6) is 11.5 Å². The Morgan fingerprint density at radius 3 is 2.54 bits per heavy atom. The lowest BCUT2D eigenvalue weighted by Gasteiger charge is -2.10. The van der Waals surface area contributed by atoms with Gasteiger partial charge in [0.05, 0.1) is 34.4 Å². The first-order valence-electron chi connectivity index (χ1n) is 7.97. The van der Waals surface area contributed by atoms with E-state index >= 15 is 0 Å². The molecule has 6 heteroatoms. The van der Waals surface area contributed by atoms with Crippen LogP contribution in [0.25, 0.3) is 22.7 Å².